The van der Waals surface area contributed by atoms with Gasteiger partial charge in [-0.05, 0) is 29.6 Å². The molecule has 0 aliphatic rings. The predicted molar refractivity (Wildman–Crippen MR) is 109 cm³/mol. The van der Waals surface area contributed by atoms with Crippen LogP contribution in [0.1, 0.15) is 20.8 Å². The number of thiophene rings is 1. The van der Waals surface area contributed by atoms with E-state index in [1.165, 1.54) is 4.88 Å². The quantitative estimate of drug-likeness (QED) is 0.517. The molecule has 0 fully saturated rings. The Balaban J connectivity index is 1.74. The zero-order valence-corrected chi connectivity index (χ0v) is 16.5. The molecule has 0 aliphatic carbocycles. The molecule has 134 valence electrons. The van der Waals surface area contributed by atoms with Gasteiger partial charge in [0.1, 0.15) is 5.75 Å². The molecule has 2 aromatic carbocycles. The van der Waals surface area contributed by atoms with Gasteiger partial charge in [-0.15, -0.1) is 23.1 Å². The van der Waals surface area contributed by atoms with Crippen LogP contribution in [0.4, 0.5) is 0 Å². The van der Waals surface area contributed by atoms with E-state index in [1.54, 1.807) is 35.1 Å². The number of benzene rings is 2. The SMILES string of the molecule is COc1ccccc1CN(C)C(=O)c1ccccc1SCc1cccs1. The molecule has 0 unspecified atom stereocenters. The van der Waals surface area contributed by atoms with Crippen LogP contribution in [0, 0.1) is 0 Å². The van der Waals surface area contributed by atoms with Crippen LogP contribution in [0.25, 0.3) is 0 Å². The summed E-state index contributed by atoms with van der Waals surface area (Å²) in [5, 5.41) is 2.08. The second-order valence-electron chi connectivity index (χ2n) is 5.84. The van der Waals surface area contributed by atoms with E-state index in [0.29, 0.717) is 6.54 Å². The lowest BCUT2D eigenvalue weighted by atomic mass is 10.1. The number of amides is 1. The number of methoxy groups -OCH3 is 1. The molecule has 0 saturated carbocycles. The molecule has 0 atom stereocenters. The monoisotopic (exact) mass is 383 g/mol. The average Bonchev–Trinajstić information content (AvgIpc) is 3.20. The molecule has 3 aromatic rings. The van der Waals surface area contributed by atoms with E-state index in [9.17, 15) is 4.79 Å². The minimum Gasteiger partial charge on any atom is -0.496 e. The van der Waals surface area contributed by atoms with Crippen LogP contribution in [-0.2, 0) is 12.3 Å². The van der Waals surface area contributed by atoms with Gasteiger partial charge in [0.2, 0.25) is 0 Å². The second kappa shape index (κ2) is 8.92. The standard InChI is InChI=1S/C21H21NO2S2/c1-22(14-16-8-3-5-11-19(16)24-2)21(23)18-10-4-6-12-20(18)26-15-17-9-7-13-25-17/h3-13H,14-15H2,1-2H3. The number of hydrogen-bond donors (Lipinski definition) is 0. The number of ether oxygens (including phenoxy) is 1. The third-order valence-electron chi connectivity index (χ3n) is 4.01. The second-order valence-corrected chi connectivity index (χ2v) is 7.89. The van der Waals surface area contributed by atoms with Gasteiger partial charge in [0.25, 0.3) is 5.91 Å². The van der Waals surface area contributed by atoms with Gasteiger partial charge < -0.3 is 9.64 Å². The number of hydrogen-bond acceptors (Lipinski definition) is 4. The summed E-state index contributed by atoms with van der Waals surface area (Å²) in [5.41, 5.74) is 1.74. The van der Waals surface area contributed by atoms with Crippen molar-refractivity contribution < 1.29 is 9.53 Å². The summed E-state index contributed by atoms with van der Waals surface area (Å²) >= 11 is 3.44. The van der Waals surface area contributed by atoms with Crippen molar-refractivity contribution in [3.63, 3.8) is 0 Å². The van der Waals surface area contributed by atoms with Gasteiger partial charge in [0, 0.05) is 34.7 Å². The zero-order chi connectivity index (χ0) is 18.4. The Bertz CT molecular complexity index is 862. The first kappa shape index (κ1) is 18.5. The maximum atomic E-state index is 13.0. The van der Waals surface area contributed by atoms with Crippen molar-refractivity contribution in [3.05, 3.63) is 82.0 Å². The summed E-state index contributed by atoms with van der Waals surface area (Å²) in [6, 6.07) is 19.8. The van der Waals surface area contributed by atoms with Gasteiger partial charge in [-0.25, -0.2) is 0 Å². The molecular formula is C21H21NO2S2. The molecule has 0 N–H and O–H groups in total. The van der Waals surface area contributed by atoms with Gasteiger partial charge in [0.15, 0.2) is 0 Å². The molecule has 0 saturated heterocycles. The van der Waals surface area contributed by atoms with Gasteiger partial charge in [0.05, 0.1) is 12.7 Å². The molecular weight excluding hydrogens is 362 g/mol. The highest BCUT2D eigenvalue weighted by molar-refractivity contribution is 7.98. The van der Waals surface area contributed by atoms with E-state index in [2.05, 4.69) is 17.5 Å². The summed E-state index contributed by atoms with van der Waals surface area (Å²) in [7, 11) is 3.48. The van der Waals surface area contributed by atoms with Crippen LogP contribution >= 0.6 is 23.1 Å². The Morgan fingerprint density at radius 1 is 1.08 bits per heavy atom. The van der Waals surface area contributed by atoms with Crippen molar-refractivity contribution in [1.82, 2.24) is 4.90 Å². The van der Waals surface area contributed by atoms with E-state index >= 15 is 0 Å². The Morgan fingerprint density at radius 3 is 2.62 bits per heavy atom. The first-order valence-corrected chi connectivity index (χ1v) is 10.2. The third-order valence-corrected chi connectivity index (χ3v) is 6.20. The van der Waals surface area contributed by atoms with Gasteiger partial charge in [-0.3, -0.25) is 4.79 Å². The third kappa shape index (κ3) is 4.48. The fraction of sp³-hybridized carbons (Fsp3) is 0.190. The van der Waals surface area contributed by atoms with Crippen LogP contribution < -0.4 is 4.74 Å². The summed E-state index contributed by atoms with van der Waals surface area (Å²) in [4.78, 5) is 17.1. The highest BCUT2D eigenvalue weighted by Gasteiger charge is 2.17. The first-order chi connectivity index (χ1) is 12.7. The van der Waals surface area contributed by atoms with Crippen molar-refractivity contribution in [1.29, 1.82) is 0 Å². The van der Waals surface area contributed by atoms with E-state index < -0.39 is 0 Å². The van der Waals surface area contributed by atoms with Crippen molar-refractivity contribution in [2.24, 2.45) is 0 Å². The number of carbonyl (C=O) groups is 1. The minimum absolute atomic E-state index is 0.0187. The van der Waals surface area contributed by atoms with Gasteiger partial charge >= 0.3 is 0 Å². The Labute approximate surface area is 162 Å². The summed E-state index contributed by atoms with van der Waals surface area (Å²) in [6.45, 7) is 0.507. The Hall–Kier alpha value is -2.24. The number of para-hydroxylation sites is 1. The van der Waals surface area contributed by atoms with E-state index in [-0.39, 0.29) is 5.91 Å². The smallest absolute Gasteiger partial charge is 0.255 e. The van der Waals surface area contributed by atoms with Crippen molar-refractivity contribution >= 4 is 29.0 Å². The normalized spacial score (nSPS) is 10.5. The topological polar surface area (TPSA) is 29.5 Å². The molecule has 0 bridgehead atoms. The van der Waals surface area contributed by atoms with Crippen molar-refractivity contribution in [2.75, 3.05) is 14.2 Å². The van der Waals surface area contributed by atoms with Gasteiger partial charge in [-0.1, -0.05) is 36.4 Å². The molecule has 26 heavy (non-hydrogen) atoms. The number of thioether (sulfide) groups is 1. The molecule has 0 spiro atoms. The molecule has 1 aromatic heterocycles. The summed E-state index contributed by atoms with van der Waals surface area (Å²) < 4.78 is 5.39. The van der Waals surface area contributed by atoms with Gasteiger partial charge in [-0.2, -0.15) is 0 Å². The van der Waals surface area contributed by atoms with Crippen LogP contribution in [0.15, 0.2) is 70.9 Å². The molecule has 5 heteroatoms. The molecule has 3 nitrogen and oxygen atoms in total. The fourth-order valence-electron chi connectivity index (χ4n) is 2.68. The van der Waals surface area contributed by atoms with Crippen LogP contribution in [0.5, 0.6) is 5.75 Å². The number of carbonyl (C=O) groups excluding carboxylic acids is 1. The van der Waals surface area contributed by atoms with Crippen LogP contribution in [0.2, 0.25) is 0 Å². The predicted octanol–water partition coefficient (Wildman–Crippen LogP) is 5.32. The molecule has 1 amide bonds. The van der Waals surface area contributed by atoms with Crippen LogP contribution in [-0.4, -0.2) is 25.0 Å². The van der Waals surface area contributed by atoms with Crippen LogP contribution in [0.3, 0.4) is 0 Å². The lowest BCUT2D eigenvalue weighted by Gasteiger charge is -2.20. The molecule has 0 radical (unpaired) electrons. The lowest BCUT2D eigenvalue weighted by Crippen LogP contribution is -2.26. The fourth-order valence-corrected chi connectivity index (χ4v) is 4.50. The zero-order valence-electron chi connectivity index (χ0n) is 14.8. The maximum Gasteiger partial charge on any atom is 0.255 e. The average molecular weight is 384 g/mol. The lowest BCUT2D eigenvalue weighted by molar-refractivity contribution is 0.0781. The van der Waals surface area contributed by atoms with Crippen molar-refractivity contribution in [3.8, 4) is 5.75 Å². The molecule has 0 aliphatic heterocycles. The number of rotatable bonds is 7. The molecule has 3 rings (SSSR count). The largest absolute Gasteiger partial charge is 0.496 e. The van der Waals surface area contributed by atoms with E-state index in [1.807, 2.05) is 55.6 Å². The molecule has 1 heterocycles. The highest BCUT2D eigenvalue weighted by Crippen LogP contribution is 2.29. The summed E-state index contributed by atoms with van der Waals surface area (Å²) in [6.07, 6.45) is 0. The van der Waals surface area contributed by atoms with Crippen molar-refractivity contribution in [2.45, 2.75) is 17.2 Å². The van der Waals surface area contributed by atoms with E-state index in [0.717, 1.165) is 27.5 Å². The summed E-state index contributed by atoms with van der Waals surface area (Å²) in [5.74, 6) is 1.69. The maximum absolute atomic E-state index is 13.0. The van der Waals surface area contributed by atoms with E-state index in [4.69, 9.17) is 4.74 Å². The highest BCUT2D eigenvalue weighted by atomic mass is 32.2. The Morgan fingerprint density at radius 2 is 1.85 bits per heavy atom. The Kier molecular flexibility index (Phi) is 6.36. The minimum atomic E-state index is 0.0187. The number of nitrogens with zero attached hydrogens (tertiary/aromatic N) is 1. The first-order valence-electron chi connectivity index (χ1n) is 8.30.